The quantitative estimate of drug-likeness (QED) is 0.769. The first-order valence-corrected chi connectivity index (χ1v) is 10.1. The van der Waals surface area contributed by atoms with Gasteiger partial charge in [-0.2, -0.15) is 11.8 Å². The number of hydrogen-bond donors (Lipinski definition) is 2. The molecule has 2 N–H and O–H groups in total. The van der Waals surface area contributed by atoms with Crippen molar-refractivity contribution in [3.63, 3.8) is 0 Å². The van der Waals surface area contributed by atoms with Crippen LogP contribution in [0, 0.1) is 13.8 Å². The Labute approximate surface area is 133 Å². The van der Waals surface area contributed by atoms with Crippen molar-refractivity contribution in [2.24, 2.45) is 0 Å². The van der Waals surface area contributed by atoms with Gasteiger partial charge in [0.1, 0.15) is 0 Å². The third kappa shape index (κ3) is 5.20. The molecule has 1 unspecified atom stereocenters. The smallest absolute Gasteiger partial charge is 0.241 e. The second-order valence-corrected chi connectivity index (χ2v) is 7.91. The monoisotopic (exact) mass is 330 g/mol. The highest BCUT2D eigenvalue weighted by molar-refractivity contribution is 7.98. The summed E-state index contributed by atoms with van der Waals surface area (Å²) in [5.74, 6) is 0.757. The van der Waals surface area contributed by atoms with Gasteiger partial charge in [0.05, 0.1) is 4.90 Å². The van der Waals surface area contributed by atoms with Crippen LogP contribution in [0.15, 0.2) is 17.0 Å². The Kier molecular flexibility index (Phi) is 7.03. The number of thioether (sulfide) groups is 1. The lowest BCUT2D eigenvalue weighted by Crippen LogP contribution is -2.35. The molecule has 0 aliphatic heterocycles. The van der Waals surface area contributed by atoms with Crippen molar-refractivity contribution in [2.75, 3.05) is 23.9 Å². The van der Waals surface area contributed by atoms with E-state index in [0.29, 0.717) is 4.90 Å². The van der Waals surface area contributed by atoms with E-state index in [1.54, 1.807) is 11.8 Å². The molecule has 0 saturated heterocycles. The number of benzene rings is 1. The first-order chi connectivity index (χ1) is 9.81. The van der Waals surface area contributed by atoms with E-state index in [2.05, 4.69) is 17.0 Å². The lowest BCUT2D eigenvalue weighted by atomic mass is 10.1. The molecule has 0 aliphatic rings. The molecular weight excluding hydrogens is 304 g/mol. The molecule has 0 amide bonds. The van der Waals surface area contributed by atoms with Gasteiger partial charge in [0.15, 0.2) is 0 Å². The maximum absolute atomic E-state index is 12.5. The Morgan fingerprint density at radius 1 is 1.24 bits per heavy atom. The standard InChI is InChI=1S/C15H26N2O2S2/c1-6-7-16-14-8-11(2)15(12(3)9-14)21(18,19)17-13(4)10-20-5/h8-9,13,16-17H,6-7,10H2,1-5H3. The molecule has 0 heterocycles. The van der Waals surface area contributed by atoms with Gasteiger partial charge in [-0.25, -0.2) is 13.1 Å². The lowest BCUT2D eigenvalue weighted by molar-refractivity contribution is 0.570. The average Bonchev–Trinajstić information content (AvgIpc) is 2.34. The van der Waals surface area contributed by atoms with Crippen LogP contribution in [-0.4, -0.2) is 33.0 Å². The zero-order chi connectivity index (χ0) is 16.0. The van der Waals surface area contributed by atoms with Crippen molar-refractivity contribution in [1.82, 2.24) is 4.72 Å². The fraction of sp³-hybridized carbons (Fsp3) is 0.600. The number of rotatable bonds is 8. The maximum atomic E-state index is 12.5. The summed E-state index contributed by atoms with van der Waals surface area (Å²) >= 11 is 1.63. The van der Waals surface area contributed by atoms with Crippen molar-refractivity contribution in [3.8, 4) is 0 Å². The molecule has 0 fully saturated rings. The van der Waals surface area contributed by atoms with Gasteiger partial charge in [-0.3, -0.25) is 0 Å². The minimum Gasteiger partial charge on any atom is -0.385 e. The van der Waals surface area contributed by atoms with Gasteiger partial charge < -0.3 is 5.32 Å². The first-order valence-electron chi connectivity index (χ1n) is 7.18. The van der Waals surface area contributed by atoms with Crippen molar-refractivity contribution < 1.29 is 8.42 Å². The van der Waals surface area contributed by atoms with E-state index in [0.717, 1.165) is 35.5 Å². The fourth-order valence-electron chi connectivity index (χ4n) is 2.35. The van der Waals surface area contributed by atoms with Gasteiger partial charge in [-0.05, 0) is 56.7 Å². The molecule has 6 heteroatoms. The molecule has 0 bridgehead atoms. The lowest BCUT2D eigenvalue weighted by Gasteiger charge is -2.17. The van der Waals surface area contributed by atoms with Gasteiger partial charge in [-0.1, -0.05) is 6.92 Å². The minimum atomic E-state index is -3.47. The van der Waals surface area contributed by atoms with E-state index in [-0.39, 0.29) is 6.04 Å². The highest BCUT2D eigenvalue weighted by Gasteiger charge is 2.22. The Morgan fingerprint density at radius 3 is 2.29 bits per heavy atom. The van der Waals surface area contributed by atoms with Crippen LogP contribution in [0.2, 0.25) is 0 Å². The van der Waals surface area contributed by atoms with E-state index >= 15 is 0 Å². The summed E-state index contributed by atoms with van der Waals surface area (Å²) in [6.07, 6.45) is 3.00. The summed E-state index contributed by atoms with van der Waals surface area (Å²) < 4.78 is 27.8. The van der Waals surface area contributed by atoms with Crippen molar-refractivity contribution in [3.05, 3.63) is 23.3 Å². The summed E-state index contributed by atoms with van der Waals surface area (Å²) in [5.41, 5.74) is 2.53. The van der Waals surface area contributed by atoms with E-state index < -0.39 is 10.0 Å². The summed E-state index contributed by atoms with van der Waals surface area (Å²) in [6, 6.07) is 3.72. The van der Waals surface area contributed by atoms with Gasteiger partial charge in [-0.15, -0.1) is 0 Å². The van der Waals surface area contributed by atoms with Crippen LogP contribution in [0.4, 0.5) is 5.69 Å². The molecule has 21 heavy (non-hydrogen) atoms. The molecular formula is C15H26N2O2S2. The van der Waals surface area contributed by atoms with E-state index in [4.69, 9.17) is 0 Å². The molecule has 1 rings (SSSR count). The molecule has 0 spiro atoms. The van der Waals surface area contributed by atoms with E-state index in [1.807, 2.05) is 39.2 Å². The van der Waals surface area contributed by atoms with Gasteiger partial charge >= 0.3 is 0 Å². The zero-order valence-electron chi connectivity index (χ0n) is 13.5. The third-order valence-corrected chi connectivity index (χ3v) is 5.81. The van der Waals surface area contributed by atoms with Crippen LogP contribution < -0.4 is 10.0 Å². The fourth-order valence-corrected chi connectivity index (χ4v) is 4.74. The first kappa shape index (κ1) is 18.3. The topological polar surface area (TPSA) is 58.2 Å². The van der Waals surface area contributed by atoms with Crippen molar-refractivity contribution >= 4 is 27.5 Å². The Bertz CT molecular complexity index is 548. The Balaban J connectivity index is 3.07. The predicted molar refractivity (Wildman–Crippen MR) is 92.9 cm³/mol. The molecule has 4 nitrogen and oxygen atoms in total. The SMILES string of the molecule is CCCNc1cc(C)c(S(=O)(=O)NC(C)CSC)c(C)c1. The van der Waals surface area contributed by atoms with Gasteiger partial charge in [0, 0.05) is 24.0 Å². The average molecular weight is 331 g/mol. The van der Waals surface area contributed by atoms with Crippen LogP contribution in [0.3, 0.4) is 0 Å². The van der Waals surface area contributed by atoms with Gasteiger partial charge in [0.2, 0.25) is 10.0 Å². The number of nitrogens with one attached hydrogen (secondary N) is 2. The van der Waals surface area contributed by atoms with Crippen LogP contribution in [0.1, 0.15) is 31.4 Å². The predicted octanol–water partition coefficient (Wildman–Crippen LogP) is 3.16. The highest BCUT2D eigenvalue weighted by Crippen LogP contribution is 2.24. The second-order valence-electron chi connectivity index (χ2n) is 5.34. The molecule has 1 aromatic carbocycles. The highest BCUT2D eigenvalue weighted by atomic mass is 32.2. The zero-order valence-corrected chi connectivity index (χ0v) is 15.1. The molecule has 0 radical (unpaired) electrons. The molecule has 120 valence electrons. The molecule has 0 saturated carbocycles. The summed E-state index contributed by atoms with van der Waals surface area (Å²) in [7, 11) is -3.47. The summed E-state index contributed by atoms with van der Waals surface area (Å²) in [4.78, 5) is 0.400. The normalized spacial score (nSPS) is 13.2. The third-order valence-electron chi connectivity index (χ3n) is 3.08. The minimum absolute atomic E-state index is 0.0818. The van der Waals surface area contributed by atoms with Crippen LogP contribution in [-0.2, 0) is 10.0 Å². The number of hydrogen-bond acceptors (Lipinski definition) is 4. The largest absolute Gasteiger partial charge is 0.385 e. The summed E-state index contributed by atoms with van der Waals surface area (Å²) in [5, 5.41) is 3.30. The van der Waals surface area contributed by atoms with Crippen molar-refractivity contribution in [1.29, 1.82) is 0 Å². The molecule has 1 aromatic rings. The summed E-state index contributed by atoms with van der Waals surface area (Å²) in [6.45, 7) is 8.56. The van der Waals surface area contributed by atoms with E-state index in [1.165, 1.54) is 0 Å². The number of aryl methyl sites for hydroxylation is 2. The Hall–Kier alpha value is -0.720. The molecule has 0 aromatic heterocycles. The molecule has 0 aliphatic carbocycles. The van der Waals surface area contributed by atoms with Gasteiger partial charge in [0.25, 0.3) is 0 Å². The second kappa shape index (κ2) is 8.06. The van der Waals surface area contributed by atoms with Crippen molar-refractivity contribution in [2.45, 2.75) is 45.1 Å². The maximum Gasteiger partial charge on any atom is 0.241 e. The van der Waals surface area contributed by atoms with Crippen LogP contribution in [0.5, 0.6) is 0 Å². The van der Waals surface area contributed by atoms with Crippen LogP contribution >= 0.6 is 11.8 Å². The number of anilines is 1. The number of sulfonamides is 1. The molecule has 1 atom stereocenters. The van der Waals surface area contributed by atoms with E-state index in [9.17, 15) is 8.42 Å². The Morgan fingerprint density at radius 2 is 1.81 bits per heavy atom. The van der Waals surface area contributed by atoms with Crippen LogP contribution in [0.25, 0.3) is 0 Å².